The molecular formula is C8H7Br2NO2. The van der Waals surface area contributed by atoms with Crippen LogP contribution in [0.25, 0.3) is 0 Å². The Labute approximate surface area is 92.5 Å². The molecule has 3 nitrogen and oxygen atoms in total. The first-order valence-electron chi connectivity index (χ1n) is 3.44. The van der Waals surface area contributed by atoms with Crippen molar-refractivity contribution >= 4 is 38.0 Å². The molecule has 0 heterocycles. The maximum absolute atomic E-state index is 10.5. The minimum atomic E-state index is -0.807. The third-order valence-electron chi connectivity index (χ3n) is 1.30. The molecule has 0 aliphatic heterocycles. The lowest BCUT2D eigenvalue weighted by Crippen LogP contribution is -2.16. The van der Waals surface area contributed by atoms with Crippen LogP contribution in [0.4, 0.5) is 4.79 Å². The number of benzene rings is 1. The highest BCUT2D eigenvalue weighted by Crippen LogP contribution is 2.22. The van der Waals surface area contributed by atoms with Gasteiger partial charge in [0, 0.05) is 9.80 Å². The largest absolute Gasteiger partial charge is 0.410 e. The van der Waals surface area contributed by atoms with Crippen molar-refractivity contribution in [3.63, 3.8) is 0 Å². The van der Waals surface area contributed by atoms with E-state index >= 15 is 0 Å². The standard InChI is InChI=1S/C8H7Br2NO2/c9-4-5-1-6(10)3-7(2-5)13-8(11)12/h1-3H,4H2,(H2,11,12). The van der Waals surface area contributed by atoms with Gasteiger partial charge in [-0.2, -0.15) is 0 Å². The van der Waals surface area contributed by atoms with E-state index in [0.717, 1.165) is 10.0 Å². The van der Waals surface area contributed by atoms with Gasteiger partial charge in [0.2, 0.25) is 0 Å². The summed E-state index contributed by atoms with van der Waals surface area (Å²) >= 11 is 6.59. The van der Waals surface area contributed by atoms with E-state index in [1.807, 2.05) is 6.07 Å². The smallest absolute Gasteiger partial charge is 0.409 e. The molecule has 0 atom stereocenters. The third kappa shape index (κ3) is 3.36. The van der Waals surface area contributed by atoms with Crippen LogP contribution in [0.5, 0.6) is 5.75 Å². The number of halogens is 2. The van der Waals surface area contributed by atoms with Crippen molar-refractivity contribution in [2.45, 2.75) is 5.33 Å². The number of rotatable bonds is 2. The topological polar surface area (TPSA) is 52.3 Å². The Balaban J connectivity index is 2.94. The molecule has 0 fully saturated rings. The summed E-state index contributed by atoms with van der Waals surface area (Å²) in [6.07, 6.45) is -0.807. The Morgan fingerprint density at radius 2 is 2.15 bits per heavy atom. The summed E-state index contributed by atoms with van der Waals surface area (Å²) in [5, 5.41) is 0.696. The predicted octanol–water partition coefficient (Wildman–Crippen LogP) is 2.80. The van der Waals surface area contributed by atoms with Gasteiger partial charge in [0.25, 0.3) is 0 Å². The molecule has 0 unspecified atom stereocenters. The number of primary amides is 1. The van der Waals surface area contributed by atoms with Gasteiger partial charge >= 0.3 is 6.09 Å². The van der Waals surface area contributed by atoms with Crippen LogP contribution in [0.15, 0.2) is 22.7 Å². The molecule has 0 aliphatic rings. The van der Waals surface area contributed by atoms with Crippen LogP contribution in [0.3, 0.4) is 0 Å². The van der Waals surface area contributed by atoms with E-state index in [4.69, 9.17) is 10.5 Å². The highest BCUT2D eigenvalue weighted by molar-refractivity contribution is 9.10. The molecule has 0 aromatic heterocycles. The number of hydrogen-bond acceptors (Lipinski definition) is 2. The third-order valence-corrected chi connectivity index (χ3v) is 2.41. The molecule has 1 amide bonds. The van der Waals surface area contributed by atoms with Crippen molar-refractivity contribution in [2.24, 2.45) is 5.73 Å². The fourth-order valence-corrected chi connectivity index (χ4v) is 1.72. The van der Waals surface area contributed by atoms with E-state index in [2.05, 4.69) is 31.9 Å². The minimum Gasteiger partial charge on any atom is -0.410 e. The summed E-state index contributed by atoms with van der Waals surface area (Å²) in [7, 11) is 0. The van der Waals surface area contributed by atoms with Crippen LogP contribution in [-0.4, -0.2) is 6.09 Å². The molecule has 0 spiro atoms. The molecule has 0 aliphatic carbocycles. The molecule has 70 valence electrons. The van der Waals surface area contributed by atoms with Gasteiger partial charge in [-0.3, -0.25) is 0 Å². The first kappa shape index (κ1) is 10.5. The molecular weight excluding hydrogens is 302 g/mol. The van der Waals surface area contributed by atoms with Crippen molar-refractivity contribution in [3.05, 3.63) is 28.2 Å². The van der Waals surface area contributed by atoms with Gasteiger partial charge in [-0.25, -0.2) is 4.79 Å². The van der Waals surface area contributed by atoms with Gasteiger partial charge in [-0.15, -0.1) is 0 Å². The number of carbonyl (C=O) groups excluding carboxylic acids is 1. The maximum atomic E-state index is 10.5. The Morgan fingerprint density at radius 1 is 1.46 bits per heavy atom. The molecule has 0 radical (unpaired) electrons. The second-order valence-electron chi connectivity index (χ2n) is 2.35. The first-order valence-corrected chi connectivity index (χ1v) is 5.36. The number of hydrogen-bond donors (Lipinski definition) is 1. The Kier molecular flexibility index (Phi) is 3.74. The lowest BCUT2D eigenvalue weighted by molar-refractivity contribution is 0.211. The monoisotopic (exact) mass is 307 g/mol. The van der Waals surface area contributed by atoms with Crippen molar-refractivity contribution < 1.29 is 9.53 Å². The summed E-state index contributed by atoms with van der Waals surface area (Å²) in [5.41, 5.74) is 5.88. The van der Waals surface area contributed by atoms with Crippen molar-refractivity contribution in [1.82, 2.24) is 0 Å². The lowest BCUT2D eigenvalue weighted by atomic mass is 10.2. The first-order chi connectivity index (χ1) is 6.11. The fraction of sp³-hybridized carbons (Fsp3) is 0.125. The number of nitrogens with two attached hydrogens (primary N) is 1. The van der Waals surface area contributed by atoms with E-state index in [0.29, 0.717) is 11.1 Å². The molecule has 1 aromatic rings. The van der Waals surface area contributed by atoms with Gasteiger partial charge in [0.15, 0.2) is 0 Å². The van der Waals surface area contributed by atoms with E-state index in [1.165, 1.54) is 0 Å². The second-order valence-corrected chi connectivity index (χ2v) is 3.83. The Bertz CT molecular complexity index is 328. The minimum absolute atomic E-state index is 0.441. The highest BCUT2D eigenvalue weighted by Gasteiger charge is 2.02. The molecule has 2 N–H and O–H groups in total. The number of alkyl halides is 1. The Morgan fingerprint density at radius 3 is 2.69 bits per heavy atom. The summed E-state index contributed by atoms with van der Waals surface area (Å²) < 4.78 is 5.57. The van der Waals surface area contributed by atoms with Crippen molar-refractivity contribution in [1.29, 1.82) is 0 Å². The summed E-state index contributed by atoms with van der Waals surface area (Å²) in [5.74, 6) is 0.441. The SMILES string of the molecule is NC(=O)Oc1cc(Br)cc(CBr)c1. The molecule has 0 bridgehead atoms. The van der Waals surface area contributed by atoms with Crippen LogP contribution in [0.2, 0.25) is 0 Å². The van der Waals surface area contributed by atoms with Gasteiger partial charge in [0.1, 0.15) is 5.75 Å². The number of carbonyl (C=O) groups is 1. The molecule has 0 saturated heterocycles. The maximum Gasteiger partial charge on any atom is 0.409 e. The van der Waals surface area contributed by atoms with Gasteiger partial charge in [0.05, 0.1) is 0 Å². The van der Waals surface area contributed by atoms with Gasteiger partial charge in [-0.05, 0) is 23.8 Å². The summed E-state index contributed by atoms with van der Waals surface area (Å²) in [6, 6.07) is 5.34. The van der Waals surface area contributed by atoms with E-state index in [1.54, 1.807) is 12.1 Å². The van der Waals surface area contributed by atoms with Crippen LogP contribution in [0, 0.1) is 0 Å². The lowest BCUT2D eigenvalue weighted by Gasteiger charge is -2.03. The average Bonchev–Trinajstić information content (AvgIpc) is 2.01. The molecule has 5 heteroatoms. The Hall–Kier alpha value is -0.550. The molecule has 13 heavy (non-hydrogen) atoms. The zero-order valence-electron chi connectivity index (χ0n) is 6.59. The quantitative estimate of drug-likeness (QED) is 0.854. The van der Waals surface area contributed by atoms with Crippen LogP contribution in [0.1, 0.15) is 5.56 Å². The van der Waals surface area contributed by atoms with Crippen LogP contribution >= 0.6 is 31.9 Å². The number of amides is 1. The van der Waals surface area contributed by atoms with E-state index < -0.39 is 6.09 Å². The van der Waals surface area contributed by atoms with E-state index in [9.17, 15) is 4.79 Å². The van der Waals surface area contributed by atoms with Crippen molar-refractivity contribution in [2.75, 3.05) is 0 Å². The molecule has 0 saturated carbocycles. The van der Waals surface area contributed by atoms with E-state index in [-0.39, 0.29) is 0 Å². The highest BCUT2D eigenvalue weighted by atomic mass is 79.9. The molecule has 1 rings (SSSR count). The molecule has 1 aromatic carbocycles. The van der Waals surface area contributed by atoms with Gasteiger partial charge in [-0.1, -0.05) is 31.9 Å². The average molecular weight is 309 g/mol. The fourth-order valence-electron chi connectivity index (χ4n) is 0.873. The summed E-state index contributed by atoms with van der Waals surface area (Å²) in [4.78, 5) is 10.5. The predicted molar refractivity (Wildman–Crippen MR) is 57.0 cm³/mol. The van der Waals surface area contributed by atoms with Gasteiger partial charge < -0.3 is 10.5 Å². The zero-order valence-corrected chi connectivity index (χ0v) is 9.76. The normalized spacial score (nSPS) is 9.69. The number of ether oxygens (including phenoxy) is 1. The summed E-state index contributed by atoms with van der Waals surface area (Å²) in [6.45, 7) is 0. The van der Waals surface area contributed by atoms with Crippen LogP contribution < -0.4 is 10.5 Å². The second kappa shape index (κ2) is 4.62. The zero-order chi connectivity index (χ0) is 9.84. The van der Waals surface area contributed by atoms with Crippen LogP contribution in [-0.2, 0) is 5.33 Å². The van der Waals surface area contributed by atoms with Crippen molar-refractivity contribution in [3.8, 4) is 5.75 Å².